The highest BCUT2D eigenvalue weighted by Gasteiger charge is 2.44. The van der Waals surface area contributed by atoms with Gasteiger partial charge in [-0.05, 0) is 48.2 Å². The van der Waals surface area contributed by atoms with Gasteiger partial charge in [0.05, 0.1) is 17.4 Å². The molecule has 0 radical (unpaired) electrons. The van der Waals surface area contributed by atoms with E-state index in [1.165, 1.54) is 17.0 Å². The summed E-state index contributed by atoms with van der Waals surface area (Å²) in [5.41, 5.74) is 2.59. The standard InChI is InChI=1S/C28H24ClFN2O2/c1-28(2)15-21-25(23(33)16-28)26(24-18(29)11-8-12-19(24)30)32(22-14-7-6-13-20(22)31-21)27(34)17-9-4-3-5-10-17/h3-14,26,31H,15-16H2,1-2H3/t26-/m1/s1. The molecule has 1 aliphatic carbocycles. The van der Waals surface area contributed by atoms with Crippen LogP contribution in [0.4, 0.5) is 15.8 Å². The topological polar surface area (TPSA) is 49.4 Å². The van der Waals surface area contributed by atoms with Crippen LogP contribution in [0.1, 0.15) is 48.7 Å². The Morgan fingerprint density at radius 1 is 1.00 bits per heavy atom. The highest BCUT2D eigenvalue weighted by molar-refractivity contribution is 6.31. The smallest absolute Gasteiger partial charge is 0.259 e. The normalized spacial score (nSPS) is 19.1. The number of para-hydroxylation sites is 2. The molecule has 3 aromatic rings. The number of Topliss-reactive ketones (excluding diaryl/α,β-unsaturated/α-hetero) is 1. The third-order valence-electron chi connectivity index (χ3n) is 6.41. The molecule has 0 aromatic heterocycles. The van der Waals surface area contributed by atoms with E-state index in [0.717, 1.165) is 0 Å². The number of hydrogen-bond donors (Lipinski definition) is 1. The van der Waals surface area contributed by atoms with Crippen LogP contribution in [-0.4, -0.2) is 11.7 Å². The van der Waals surface area contributed by atoms with Gasteiger partial charge in [-0.2, -0.15) is 0 Å². The first kappa shape index (κ1) is 22.4. The summed E-state index contributed by atoms with van der Waals surface area (Å²) in [6.45, 7) is 4.07. The summed E-state index contributed by atoms with van der Waals surface area (Å²) in [4.78, 5) is 29.2. The van der Waals surface area contributed by atoms with Crippen LogP contribution < -0.4 is 10.2 Å². The van der Waals surface area contributed by atoms with Crippen molar-refractivity contribution in [3.63, 3.8) is 0 Å². The van der Waals surface area contributed by atoms with Crippen LogP contribution >= 0.6 is 11.6 Å². The molecule has 0 fully saturated rings. The van der Waals surface area contributed by atoms with Crippen molar-refractivity contribution in [2.24, 2.45) is 5.41 Å². The fraction of sp³-hybridized carbons (Fsp3) is 0.214. The van der Waals surface area contributed by atoms with E-state index >= 15 is 4.39 Å². The number of fused-ring (bicyclic) bond motifs is 1. The molecule has 1 amide bonds. The zero-order valence-electron chi connectivity index (χ0n) is 18.9. The average Bonchev–Trinajstić information content (AvgIpc) is 2.92. The summed E-state index contributed by atoms with van der Waals surface area (Å²) in [5.74, 6) is -1.03. The maximum Gasteiger partial charge on any atom is 0.259 e. The molecule has 0 bridgehead atoms. The molecular formula is C28H24ClFN2O2. The number of carbonyl (C=O) groups excluding carboxylic acids is 2. The van der Waals surface area contributed by atoms with Gasteiger partial charge in [0.1, 0.15) is 5.82 Å². The summed E-state index contributed by atoms with van der Waals surface area (Å²) in [6, 6.07) is 19.6. The van der Waals surface area contributed by atoms with Crippen LogP contribution in [-0.2, 0) is 4.79 Å². The Hall–Kier alpha value is -3.44. The Kier molecular flexibility index (Phi) is 5.53. The lowest BCUT2D eigenvalue weighted by Crippen LogP contribution is -2.40. The van der Waals surface area contributed by atoms with Gasteiger partial charge in [-0.1, -0.05) is 61.8 Å². The summed E-state index contributed by atoms with van der Waals surface area (Å²) in [5, 5.41) is 3.59. The minimum atomic E-state index is -1.02. The number of benzene rings is 3. The first-order chi connectivity index (χ1) is 16.3. The second kappa shape index (κ2) is 8.41. The number of nitrogens with one attached hydrogen (secondary N) is 1. The van der Waals surface area contributed by atoms with E-state index in [2.05, 4.69) is 5.32 Å². The Morgan fingerprint density at radius 3 is 2.44 bits per heavy atom. The number of allylic oxidation sites excluding steroid dienone is 1. The lowest BCUT2D eigenvalue weighted by Gasteiger charge is -2.37. The Balaban J connectivity index is 1.84. The summed E-state index contributed by atoms with van der Waals surface area (Å²) in [6.07, 6.45) is 0.873. The van der Waals surface area contributed by atoms with Gasteiger partial charge in [-0.3, -0.25) is 14.5 Å². The Morgan fingerprint density at radius 2 is 1.71 bits per heavy atom. The monoisotopic (exact) mass is 474 g/mol. The molecule has 172 valence electrons. The number of rotatable bonds is 2. The van der Waals surface area contributed by atoms with E-state index in [-0.39, 0.29) is 27.7 Å². The van der Waals surface area contributed by atoms with Crippen LogP contribution in [0, 0.1) is 11.2 Å². The minimum Gasteiger partial charge on any atom is -0.357 e. The molecule has 0 unspecified atom stereocenters. The molecule has 1 N–H and O–H groups in total. The van der Waals surface area contributed by atoms with E-state index in [4.69, 9.17) is 11.6 Å². The molecule has 3 aromatic carbocycles. The van der Waals surface area contributed by atoms with Crippen molar-refractivity contribution in [3.8, 4) is 0 Å². The zero-order valence-corrected chi connectivity index (χ0v) is 19.7. The van der Waals surface area contributed by atoms with Crippen LogP contribution in [0.15, 0.2) is 84.1 Å². The highest BCUT2D eigenvalue weighted by Crippen LogP contribution is 2.50. The Bertz CT molecular complexity index is 1310. The maximum absolute atomic E-state index is 15.4. The van der Waals surface area contributed by atoms with Crippen molar-refractivity contribution >= 4 is 34.7 Å². The SMILES string of the molecule is CC1(C)CC(=O)C2=C(C1)Nc1ccccc1N(C(=O)c1ccccc1)[C@@H]2c1c(F)cccc1Cl. The van der Waals surface area contributed by atoms with Gasteiger partial charge < -0.3 is 5.32 Å². The van der Waals surface area contributed by atoms with E-state index < -0.39 is 11.9 Å². The molecule has 2 aliphatic rings. The zero-order chi connectivity index (χ0) is 24.0. The highest BCUT2D eigenvalue weighted by atomic mass is 35.5. The van der Waals surface area contributed by atoms with E-state index in [1.807, 2.05) is 38.1 Å². The van der Waals surface area contributed by atoms with Crippen molar-refractivity contribution in [3.05, 3.63) is 106 Å². The molecule has 34 heavy (non-hydrogen) atoms. The molecule has 0 spiro atoms. The number of ketones is 1. The number of anilines is 2. The van der Waals surface area contributed by atoms with Crippen LogP contribution in [0.3, 0.4) is 0 Å². The molecule has 1 heterocycles. The quantitative estimate of drug-likeness (QED) is 0.437. The second-order valence-electron chi connectivity index (χ2n) is 9.55. The predicted molar refractivity (Wildman–Crippen MR) is 133 cm³/mol. The Labute approximate surface area is 203 Å². The van der Waals surface area contributed by atoms with Gasteiger partial charge in [0, 0.05) is 33.8 Å². The van der Waals surface area contributed by atoms with Crippen LogP contribution in [0.5, 0.6) is 0 Å². The minimum absolute atomic E-state index is 0.118. The largest absolute Gasteiger partial charge is 0.357 e. The van der Waals surface area contributed by atoms with Crippen molar-refractivity contribution in [2.75, 3.05) is 10.2 Å². The number of halogens is 2. The van der Waals surface area contributed by atoms with Gasteiger partial charge in [0.2, 0.25) is 0 Å². The number of nitrogens with zero attached hydrogens (tertiary/aromatic N) is 1. The molecule has 0 saturated carbocycles. The molecular weight excluding hydrogens is 451 g/mol. The number of amides is 1. The van der Waals surface area contributed by atoms with E-state index in [9.17, 15) is 9.59 Å². The van der Waals surface area contributed by atoms with Gasteiger partial charge in [0.15, 0.2) is 5.78 Å². The molecule has 5 rings (SSSR count). The third kappa shape index (κ3) is 3.80. The summed E-state index contributed by atoms with van der Waals surface area (Å²) < 4.78 is 15.4. The molecule has 4 nitrogen and oxygen atoms in total. The van der Waals surface area contributed by atoms with Crippen molar-refractivity contribution in [1.29, 1.82) is 0 Å². The predicted octanol–water partition coefficient (Wildman–Crippen LogP) is 6.94. The van der Waals surface area contributed by atoms with E-state index in [0.29, 0.717) is 41.1 Å². The second-order valence-corrected chi connectivity index (χ2v) is 9.96. The molecule has 0 saturated heterocycles. The summed E-state index contributed by atoms with van der Waals surface area (Å²) >= 11 is 6.56. The van der Waals surface area contributed by atoms with Gasteiger partial charge in [-0.15, -0.1) is 0 Å². The van der Waals surface area contributed by atoms with Crippen molar-refractivity contribution in [1.82, 2.24) is 0 Å². The first-order valence-corrected chi connectivity index (χ1v) is 11.6. The van der Waals surface area contributed by atoms with Gasteiger partial charge in [-0.25, -0.2) is 4.39 Å². The van der Waals surface area contributed by atoms with Crippen LogP contribution in [0.25, 0.3) is 0 Å². The van der Waals surface area contributed by atoms with Crippen molar-refractivity contribution in [2.45, 2.75) is 32.7 Å². The third-order valence-corrected chi connectivity index (χ3v) is 6.74. The van der Waals surface area contributed by atoms with Crippen molar-refractivity contribution < 1.29 is 14.0 Å². The lowest BCUT2D eigenvalue weighted by molar-refractivity contribution is -0.118. The fourth-order valence-corrected chi connectivity index (χ4v) is 5.24. The molecule has 6 heteroatoms. The van der Waals surface area contributed by atoms with Gasteiger partial charge >= 0.3 is 0 Å². The molecule has 1 atom stereocenters. The first-order valence-electron chi connectivity index (χ1n) is 11.2. The number of hydrogen-bond acceptors (Lipinski definition) is 3. The fourth-order valence-electron chi connectivity index (χ4n) is 4.98. The number of carbonyl (C=O) groups is 2. The molecule has 1 aliphatic heterocycles. The van der Waals surface area contributed by atoms with E-state index in [1.54, 1.807) is 36.4 Å². The van der Waals surface area contributed by atoms with Gasteiger partial charge in [0.25, 0.3) is 5.91 Å². The van der Waals surface area contributed by atoms with Crippen LogP contribution in [0.2, 0.25) is 5.02 Å². The lowest BCUT2D eigenvalue weighted by atomic mass is 9.73. The maximum atomic E-state index is 15.4. The average molecular weight is 475 g/mol. The summed E-state index contributed by atoms with van der Waals surface area (Å²) in [7, 11) is 0.